The SMILES string of the molecule is CCNC(C)CCSc1cnccn1. The lowest BCUT2D eigenvalue weighted by atomic mass is 10.3. The van der Waals surface area contributed by atoms with E-state index in [9.17, 15) is 0 Å². The van der Waals surface area contributed by atoms with E-state index in [0.29, 0.717) is 6.04 Å². The number of hydrogen-bond donors (Lipinski definition) is 1. The fraction of sp³-hybridized carbons (Fsp3) is 0.600. The number of aromatic nitrogens is 2. The normalized spacial score (nSPS) is 12.7. The molecule has 1 aromatic heterocycles. The molecule has 0 fully saturated rings. The quantitative estimate of drug-likeness (QED) is 0.730. The molecule has 0 aliphatic carbocycles. The number of hydrogen-bond acceptors (Lipinski definition) is 4. The number of nitrogens with one attached hydrogen (secondary N) is 1. The molecule has 1 aromatic rings. The molecule has 78 valence electrons. The highest BCUT2D eigenvalue weighted by atomic mass is 32.2. The van der Waals surface area contributed by atoms with E-state index in [0.717, 1.165) is 23.7 Å². The second kappa shape index (κ2) is 6.79. The molecule has 0 aliphatic heterocycles. The molecule has 0 saturated heterocycles. The van der Waals surface area contributed by atoms with Gasteiger partial charge in [-0.3, -0.25) is 4.98 Å². The fourth-order valence-electron chi connectivity index (χ4n) is 1.15. The molecular weight excluding hydrogens is 194 g/mol. The summed E-state index contributed by atoms with van der Waals surface area (Å²) in [6.45, 7) is 5.38. The molecule has 1 atom stereocenters. The van der Waals surface area contributed by atoms with Crippen molar-refractivity contribution in [3.63, 3.8) is 0 Å². The van der Waals surface area contributed by atoms with Gasteiger partial charge in [0.25, 0.3) is 0 Å². The van der Waals surface area contributed by atoms with E-state index in [4.69, 9.17) is 0 Å². The van der Waals surface area contributed by atoms with Crippen molar-refractivity contribution < 1.29 is 0 Å². The Labute approximate surface area is 89.7 Å². The van der Waals surface area contributed by atoms with E-state index in [2.05, 4.69) is 29.1 Å². The highest BCUT2D eigenvalue weighted by Crippen LogP contribution is 2.14. The Morgan fingerprint density at radius 2 is 2.36 bits per heavy atom. The second-order valence-corrected chi connectivity index (χ2v) is 4.25. The van der Waals surface area contributed by atoms with Gasteiger partial charge in [-0.05, 0) is 19.9 Å². The van der Waals surface area contributed by atoms with Crippen LogP contribution in [0.4, 0.5) is 0 Å². The Morgan fingerprint density at radius 3 is 3.00 bits per heavy atom. The highest BCUT2D eigenvalue weighted by Gasteiger charge is 2.00. The van der Waals surface area contributed by atoms with Gasteiger partial charge in [0.05, 0.1) is 6.20 Å². The summed E-state index contributed by atoms with van der Waals surface area (Å²) < 4.78 is 0. The Hall–Kier alpha value is -0.610. The minimum atomic E-state index is 0.587. The van der Waals surface area contributed by atoms with Gasteiger partial charge >= 0.3 is 0 Å². The van der Waals surface area contributed by atoms with Crippen LogP contribution in [0.3, 0.4) is 0 Å². The van der Waals surface area contributed by atoms with Gasteiger partial charge in [0.15, 0.2) is 0 Å². The van der Waals surface area contributed by atoms with Gasteiger partial charge in [0, 0.05) is 24.2 Å². The minimum absolute atomic E-state index is 0.587. The first-order chi connectivity index (χ1) is 6.83. The van der Waals surface area contributed by atoms with Crippen molar-refractivity contribution in [2.75, 3.05) is 12.3 Å². The molecule has 4 heteroatoms. The average Bonchev–Trinajstić information content (AvgIpc) is 2.20. The lowest BCUT2D eigenvalue weighted by Crippen LogP contribution is -2.25. The van der Waals surface area contributed by atoms with Crippen LogP contribution in [-0.2, 0) is 0 Å². The predicted octanol–water partition coefficient (Wildman–Crippen LogP) is 1.96. The van der Waals surface area contributed by atoms with E-state index < -0.39 is 0 Å². The maximum atomic E-state index is 4.20. The van der Waals surface area contributed by atoms with E-state index in [1.54, 1.807) is 24.2 Å². The van der Waals surface area contributed by atoms with Gasteiger partial charge in [0.2, 0.25) is 0 Å². The van der Waals surface area contributed by atoms with Crippen LogP contribution >= 0.6 is 11.8 Å². The Morgan fingerprint density at radius 1 is 1.50 bits per heavy atom. The number of thioether (sulfide) groups is 1. The Balaban J connectivity index is 2.16. The zero-order valence-electron chi connectivity index (χ0n) is 8.73. The molecule has 0 spiro atoms. The van der Waals surface area contributed by atoms with Crippen molar-refractivity contribution >= 4 is 11.8 Å². The van der Waals surface area contributed by atoms with Crippen molar-refractivity contribution in [1.29, 1.82) is 0 Å². The molecule has 0 radical (unpaired) electrons. The van der Waals surface area contributed by atoms with Crippen molar-refractivity contribution in [3.05, 3.63) is 18.6 Å². The van der Waals surface area contributed by atoms with Gasteiger partial charge in [-0.25, -0.2) is 4.98 Å². The maximum Gasteiger partial charge on any atom is 0.114 e. The van der Waals surface area contributed by atoms with Gasteiger partial charge in [-0.15, -0.1) is 11.8 Å². The summed E-state index contributed by atoms with van der Waals surface area (Å²) in [6.07, 6.45) is 6.40. The molecule has 3 nitrogen and oxygen atoms in total. The summed E-state index contributed by atoms with van der Waals surface area (Å²) in [5.41, 5.74) is 0. The zero-order chi connectivity index (χ0) is 10.2. The fourth-order valence-corrected chi connectivity index (χ4v) is 2.10. The molecular formula is C10H17N3S. The van der Waals surface area contributed by atoms with Crippen molar-refractivity contribution in [2.45, 2.75) is 31.3 Å². The predicted molar refractivity (Wildman–Crippen MR) is 60.5 cm³/mol. The first-order valence-corrected chi connectivity index (χ1v) is 5.93. The second-order valence-electron chi connectivity index (χ2n) is 3.14. The van der Waals surface area contributed by atoms with E-state index in [1.165, 1.54) is 0 Å². The highest BCUT2D eigenvalue weighted by molar-refractivity contribution is 7.99. The smallest absolute Gasteiger partial charge is 0.114 e. The third-order valence-corrected chi connectivity index (χ3v) is 2.84. The van der Waals surface area contributed by atoms with Crippen LogP contribution in [0.1, 0.15) is 20.3 Å². The summed E-state index contributed by atoms with van der Waals surface area (Å²) in [5.74, 6) is 1.09. The average molecular weight is 211 g/mol. The van der Waals surface area contributed by atoms with Crippen LogP contribution in [-0.4, -0.2) is 28.3 Å². The summed E-state index contributed by atoms with van der Waals surface area (Å²) in [5, 5.41) is 4.39. The summed E-state index contributed by atoms with van der Waals surface area (Å²) in [6, 6.07) is 0.587. The lowest BCUT2D eigenvalue weighted by molar-refractivity contribution is 0.556. The van der Waals surface area contributed by atoms with E-state index in [-0.39, 0.29) is 0 Å². The number of rotatable bonds is 6. The van der Waals surface area contributed by atoms with Crippen LogP contribution < -0.4 is 5.32 Å². The maximum absolute atomic E-state index is 4.20. The molecule has 1 N–H and O–H groups in total. The van der Waals surface area contributed by atoms with Gasteiger partial charge in [0.1, 0.15) is 5.03 Å². The molecule has 14 heavy (non-hydrogen) atoms. The van der Waals surface area contributed by atoms with Gasteiger partial charge < -0.3 is 5.32 Å². The van der Waals surface area contributed by atoms with Crippen molar-refractivity contribution in [3.8, 4) is 0 Å². The summed E-state index contributed by atoms with van der Waals surface area (Å²) in [4.78, 5) is 8.22. The molecule has 0 saturated carbocycles. The Kier molecular flexibility index (Phi) is 5.56. The Bertz CT molecular complexity index is 240. The van der Waals surface area contributed by atoms with Crippen molar-refractivity contribution in [2.24, 2.45) is 0 Å². The van der Waals surface area contributed by atoms with Crippen molar-refractivity contribution in [1.82, 2.24) is 15.3 Å². The van der Waals surface area contributed by atoms with Gasteiger partial charge in [-0.2, -0.15) is 0 Å². The standard InChI is InChI=1S/C10H17N3S/c1-3-12-9(2)4-7-14-10-8-11-5-6-13-10/h5-6,8-9,12H,3-4,7H2,1-2H3. The lowest BCUT2D eigenvalue weighted by Gasteiger charge is -2.10. The minimum Gasteiger partial charge on any atom is -0.315 e. The first kappa shape index (κ1) is 11.5. The monoisotopic (exact) mass is 211 g/mol. The molecule has 1 unspecified atom stereocenters. The molecule has 1 rings (SSSR count). The molecule has 0 bridgehead atoms. The molecule has 0 aliphatic rings. The van der Waals surface area contributed by atoms with Crippen LogP contribution in [0.5, 0.6) is 0 Å². The molecule has 1 heterocycles. The van der Waals surface area contributed by atoms with Crippen LogP contribution in [0.15, 0.2) is 23.6 Å². The first-order valence-electron chi connectivity index (χ1n) is 4.95. The molecule has 0 amide bonds. The third kappa shape index (κ3) is 4.58. The van der Waals surface area contributed by atoms with Gasteiger partial charge in [-0.1, -0.05) is 6.92 Å². The number of nitrogens with zero attached hydrogens (tertiary/aromatic N) is 2. The largest absolute Gasteiger partial charge is 0.315 e. The summed E-state index contributed by atoms with van der Waals surface area (Å²) >= 11 is 1.76. The van der Waals surface area contributed by atoms with Crippen LogP contribution in [0.25, 0.3) is 0 Å². The van der Waals surface area contributed by atoms with E-state index >= 15 is 0 Å². The topological polar surface area (TPSA) is 37.8 Å². The zero-order valence-corrected chi connectivity index (χ0v) is 9.55. The summed E-state index contributed by atoms with van der Waals surface area (Å²) in [7, 11) is 0. The third-order valence-electron chi connectivity index (χ3n) is 1.89. The van der Waals surface area contributed by atoms with E-state index in [1.807, 2.05) is 6.20 Å². The van der Waals surface area contributed by atoms with Crippen LogP contribution in [0, 0.1) is 0 Å². The van der Waals surface area contributed by atoms with Crippen LogP contribution in [0.2, 0.25) is 0 Å². The molecule has 0 aromatic carbocycles.